The van der Waals surface area contributed by atoms with E-state index in [1.54, 1.807) is 12.1 Å². The second kappa shape index (κ2) is 7.11. The fourth-order valence-electron chi connectivity index (χ4n) is 2.13. The Morgan fingerprint density at radius 3 is 2.57 bits per heavy atom. The molecule has 1 N–H and O–H groups in total. The molecule has 2 nitrogen and oxygen atoms in total. The molecule has 2 rings (SSSR count). The molecule has 0 heterocycles. The third-order valence-electron chi connectivity index (χ3n) is 3.50. The van der Waals surface area contributed by atoms with Crippen molar-refractivity contribution < 1.29 is 9.13 Å². The Balaban J connectivity index is 2.09. The van der Waals surface area contributed by atoms with E-state index in [1.807, 2.05) is 44.2 Å². The van der Waals surface area contributed by atoms with Gasteiger partial charge in [-0.05, 0) is 38.5 Å². The minimum Gasteiger partial charge on any atom is -0.491 e. The van der Waals surface area contributed by atoms with Crippen LogP contribution in [0.1, 0.15) is 38.8 Å². The van der Waals surface area contributed by atoms with Crippen molar-refractivity contribution in [1.82, 2.24) is 0 Å². The number of nitrogens with one attached hydrogen (secondary N) is 1. The number of halogens is 1. The summed E-state index contributed by atoms with van der Waals surface area (Å²) in [4.78, 5) is 0. The highest BCUT2D eigenvalue weighted by molar-refractivity contribution is 5.50. The standard InChI is InChI=1S/C18H22FNO/c1-4-13(2)21-16-9-7-8-15(12-16)20-14(3)17-10-5-6-11-18(17)19/h5-14,20H,4H2,1-3H3. The molecule has 0 bridgehead atoms. The first kappa shape index (κ1) is 15.4. The summed E-state index contributed by atoms with van der Waals surface area (Å²) >= 11 is 0. The van der Waals surface area contributed by atoms with E-state index in [0.717, 1.165) is 17.9 Å². The van der Waals surface area contributed by atoms with Gasteiger partial charge in [0.2, 0.25) is 0 Å². The molecule has 2 aromatic rings. The highest BCUT2D eigenvalue weighted by atomic mass is 19.1. The topological polar surface area (TPSA) is 21.3 Å². The van der Waals surface area contributed by atoms with Gasteiger partial charge in [-0.15, -0.1) is 0 Å². The average molecular weight is 287 g/mol. The minimum atomic E-state index is -0.190. The van der Waals surface area contributed by atoms with Gasteiger partial charge in [0, 0.05) is 17.3 Å². The fourth-order valence-corrected chi connectivity index (χ4v) is 2.13. The van der Waals surface area contributed by atoms with E-state index in [1.165, 1.54) is 6.07 Å². The molecule has 21 heavy (non-hydrogen) atoms. The third-order valence-corrected chi connectivity index (χ3v) is 3.50. The molecule has 0 saturated heterocycles. The van der Waals surface area contributed by atoms with Crippen molar-refractivity contribution >= 4 is 5.69 Å². The summed E-state index contributed by atoms with van der Waals surface area (Å²) in [6, 6.07) is 14.5. The van der Waals surface area contributed by atoms with E-state index in [4.69, 9.17) is 4.74 Å². The lowest BCUT2D eigenvalue weighted by atomic mass is 10.1. The number of anilines is 1. The second-order valence-electron chi connectivity index (χ2n) is 5.25. The van der Waals surface area contributed by atoms with Crippen LogP contribution in [0.3, 0.4) is 0 Å². The first-order valence-electron chi connectivity index (χ1n) is 7.37. The fraction of sp³-hybridized carbons (Fsp3) is 0.333. The number of benzene rings is 2. The average Bonchev–Trinajstić information content (AvgIpc) is 2.47. The highest BCUT2D eigenvalue weighted by Crippen LogP contribution is 2.24. The van der Waals surface area contributed by atoms with Crippen molar-refractivity contribution in [2.24, 2.45) is 0 Å². The van der Waals surface area contributed by atoms with Crippen LogP contribution in [0, 0.1) is 5.82 Å². The summed E-state index contributed by atoms with van der Waals surface area (Å²) in [6.07, 6.45) is 1.15. The van der Waals surface area contributed by atoms with E-state index >= 15 is 0 Å². The number of rotatable bonds is 6. The van der Waals surface area contributed by atoms with Gasteiger partial charge in [-0.2, -0.15) is 0 Å². The lowest BCUT2D eigenvalue weighted by Gasteiger charge is -2.18. The Kier molecular flexibility index (Phi) is 5.20. The molecule has 2 aromatic carbocycles. The van der Waals surface area contributed by atoms with Crippen molar-refractivity contribution in [2.45, 2.75) is 39.3 Å². The zero-order valence-electron chi connectivity index (χ0n) is 12.8. The molecule has 0 aromatic heterocycles. The van der Waals surface area contributed by atoms with E-state index in [0.29, 0.717) is 5.56 Å². The molecule has 0 aliphatic heterocycles. The molecule has 2 unspecified atom stereocenters. The van der Waals surface area contributed by atoms with Crippen LogP contribution >= 0.6 is 0 Å². The van der Waals surface area contributed by atoms with Gasteiger partial charge in [-0.3, -0.25) is 0 Å². The summed E-state index contributed by atoms with van der Waals surface area (Å²) < 4.78 is 19.6. The minimum absolute atomic E-state index is 0.106. The Hall–Kier alpha value is -2.03. The summed E-state index contributed by atoms with van der Waals surface area (Å²) in [7, 11) is 0. The molecular weight excluding hydrogens is 265 g/mol. The van der Waals surface area contributed by atoms with Crippen LogP contribution in [0.2, 0.25) is 0 Å². The van der Waals surface area contributed by atoms with Crippen LogP contribution in [0.15, 0.2) is 48.5 Å². The first-order chi connectivity index (χ1) is 10.1. The second-order valence-corrected chi connectivity index (χ2v) is 5.25. The Morgan fingerprint density at radius 2 is 1.86 bits per heavy atom. The molecule has 0 aliphatic carbocycles. The van der Waals surface area contributed by atoms with Crippen molar-refractivity contribution in [1.29, 1.82) is 0 Å². The maximum Gasteiger partial charge on any atom is 0.128 e. The van der Waals surface area contributed by atoms with E-state index in [-0.39, 0.29) is 18.0 Å². The van der Waals surface area contributed by atoms with Crippen LogP contribution in [0.4, 0.5) is 10.1 Å². The first-order valence-corrected chi connectivity index (χ1v) is 7.37. The van der Waals surface area contributed by atoms with Gasteiger partial charge < -0.3 is 10.1 Å². The number of hydrogen-bond donors (Lipinski definition) is 1. The summed E-state index contributed by atoms with van der Waals surface area (Å²) in [6.45, 7) is 6.08. The van der Waals surface area contributed by atoms with Crippen LogP contribution < -0.4 is 10.1 Å². The van der Waals surface area contributed by atoms with E-state index in [2.05, 4.69) is 12.2 Å². The van der Waals surface area contributed by atoms with Crippen LogP contribution in [0.25, 0.3) is 0 Å². The van der Waals surface area contributed by atoms with Crippen LogP contribution in [0.5, 0.6) is 5.75 Å². The van der Waals surface area contributed by atoms with Gasteiger partial charge >= 0.3 is 0 Å². The summed E-state index contributed by atoms with van der Waals surface area (Å²) in [5.74, 6) is 0.639. The molecule has 0 spiro atoms. The number of hydrogen-bond acceptors (Lipinski definition) is 2. The molecule has 0 radical (unpaired) electrons. The zero-order chi connectivity index (χ0) is 15.2. The van der Waals surface area contributed by atoms with Gasteiger partial charge in [0.25, 0.3) is 0 Å². The maximum absolute atomic E-state index is 13.8. The molecule has 0 aliphatic rings. The highest BCUT2D eigenvalue weighted by Gasteiger charge is 2.10. The lowest BCUT2D eigenvalue weighted by molar-refractivity contribution is 0.217. The molecule has 112 valence electrons. The molecule has 0 amide bonds. The van der Waals surface area contributed by atoms with Gasteiger partial charge in [0.05, 0.1) is 12.1 Å². The molecule has 0 fully saturated rings. The van der Waals surface area contributed by atoms with Gasteiger partial charge in [0.1, 0.15) is 11.6 Å². The molecule has 3 heteroatoms. The maximum atomic E-state index is 13.8. The summed E-state index contributed by atoms with van der Waals surface area (Å²) in [5, 5.41) is 3.31. The van der Waals surface area contributed by atoms with Crippen LogP contribution in [-0.2, 0) is 0 Å². The number of ether oxygens (including phenoxy) is 1. The van der Waals surface area contributed by atoms with Crippen molar-refractivity contribution in [2.75, 3.05) is 5.32 Å². The molecule has 2 atom stereocenters. The van der Waals surface area contributed by atoms with Gasteiger partial charge in [-0.1, -0.05) is 31.2 Å². The van der Waals surface area contributed by atoms with E-state index < -0.39 is 0 Å². The Bertz CT molecular complexity index is 585. The predicted molar refractivity (Wildman–Crippen MR) is 85.3 cm³/mol. The molecule has 0 saturated carbocycles. The van der Waals surface area contributed by atoms with Crippen molar-refractivity contribution in [3.8, 4) is 5.75 Å². The van der Waals surface area contributed by atoms with E-state index in [9.17, 15) is 4.39 Å². The summed E-state index contributed by atoms with van der Waals surface area (Å²) in [5.41, 5.74) is 1.58. The quantitative estimate of drug-likeness (QED) is 0.790. The smallest absolute Gasteiger partial charge is 0.128 e. The Labute approximate surface area is 126 Å². The van der Waals surface area contributed by atoms with Crippen molar-refractivity contribution in [3.05, 3.63) is 59.9 Å². The largest absolute Gasteiger partial charge is 0.491 e. The Morgan fingerprint density at radius 1 is 1.10 bits per heavy atom. The van der Waals surface area contributed by atoms with Gasteiger partial charge in [0.15, 0.2) is 0 Å². The monoisotopic (exact) mass is 287 g/mol. The lowest BCUT2D eigenvalue weighted by Crippen LogP contribution is -2.11. The third kappa shape index (κ3) is 4.22. The predicted octanol–water partition coefficient (Wildman–Crippen LogP) is 5.18. The zero-order valence-corrected chi connectivity index (χ0v) is 12.8. The molecular formula is C18H22FNO. The SMILES string of the molecule is CCC(C)Oc1cccc(NC(C)c2ccccc2F)c1. The van der Waals surface area contributed by atoms with Crippen molar-refractivity contribution in [3.63, 3.8) is 0 Å². The van der Waals surface area contributed by atoms with Crippen LogP contribution in [-0.4, -0.2) is 6.10 Å². The normalized spacial score (nSPS) is 13.5. The van der Waals surface area contributed by atoms with Gasteiger partial charge in [-0.25, -0.2) is 4.39 Å².